The highest BCUT2D eigenvalue weighted by atomic mass is 16.1. The molecule has 0 radical (unpaired) electrons. The summed E-state index contributed by atoms with van der Waals surface area (Å²) in [5.74, 6) is -0.460. The summed E-state index contributed by atoms with van der Waals surface area (Å²) in [5, 5.41) is 0. The standard InChI is InChI=1S/C12H11NO2/c1-2-3-9-8-5-4-7(14)6-10(8)11(9)12(13)15/h2,4-6,8H,1,3H2,(H2,13,15). The van der Waals surface area contributed by atoms with Crippen molar-refractivity contribution >= 4 is 11.7 Å². The van der Waals surface area contributed by atoms with Crippen LogP contribution in [-0.4, -0.2) is 11.7 Å². The van der Waals surface area contributed by atoms with Gasteiger partial charge in [0, 0.05) is 11.5 Å². The van der Waals surface area contributed by atoms with Gasteiger partial charge in [-0.25, -0.2) is 0 Å². The summed E-state index contributed by atoms with van der Waals surface area (Å²) in [5.41, 5.74) is 7.50. The highest BCUT2D eigenvalue weighted by Gasteiger charge is 2.37. The van der Waals surface area contributed by atoms with E-state index in [-0.39, 0.29) is 11.7 Å². The fourth-order valence-corrected chi connectivity index (χ4v) is 2.07. The molecule has 1 unspecified atom stereocenters. The van der Waals surface area contributed by atoms with Crippen LogP contribution in [0, 0.1) is 5.92 Å². The molecule has 3 heteroatoms. The Kier molecular flexibility index (Phi) is 2.15. The second kappa shape index (κ2) is 3.35. The SMILES string of the molecule is C=CCC1=C(C(N)=O)C2=CC(=O)C=CC21. The van der Waals surface area contributed by atoms with Crippen LogP contribution >= 0.6 is 0 Å². The van der Waals surface area contributed by atoms with Gasteiger partial charge in [-0.3, -0.25) is 9.59 Å². The van der Waals surface area contributed by atoms with E-state index in [4.69, 9.17) is 5.73 Å². The van der Waals surface area contributed by atoms with Gasteiger partial charge in [-0.05, 0) is 29.7 Å². The molecule has 1 amide bonds. The lowest BCUT2D eigenvalue weighted by Crippen LogP contribution is -2.32. The molecule has 0 aromatic rings. The maximum absolute atomic E-state index is 11.2. The number of carbonyl (C=O) groups excluding carboxylic acids is 2. The third-order valence-corrected chi connectivity index (χ3v) is 2.68. The molecule has 0 saturated heterocycles. The number of hydrogen-bond acceptors (Lipinski definition) is 2. The molecule has 0 aromatic heterocycles. The minimum atomic E-state index is -0.461. The molecule has 0 heterocycles. The molecule has 0 fully saturated rings. The van der Waals surface area contributed by atoms with Crippen LogP contribution in [0.15, 0.2) is 47.6 Å². The largest absolute Gasteiger partial charge is 0.366 e. The summed E-state index contributed by atoms with van der Waals surface area (Å²) in [6.07, 6.45) is 7.19. The third-order valence-electron chi connectivity index (χ3n) is 2.68. The van der Waals surface area contributed by atoms with Crippen molar-refractivity contribution in [2.24, 2.45) is 11.7 Å². The van der Waals surface area contributed by atoms with Gasteiger partial charge in [-0.2, -0.15) is 0 Å². The van der Waals surface area contributed by atoms with Crippen LogP contribution in [0.25, 0.3) is 0 Å². The quantitative estimate of drug-likeness (QED) is 0.693. The summed E-state index contributed by atoms with van der Waals surface area (Å²) in [4.78, 5) is 22.3. The first kappa shape index (κ1) is 9.65. The number of ketones is 1. The van der Waals surface area contributed by atoms with E-state index in [2.05, 4.69) is 6.58 Å². The lowest BCUT2D eigenvalue weighted by Gasteiger charge is -2.34. The molecule has 0 aromatic carbocycles. The topological polar surface area (TPSA) is 60.2 Å². The number of nitrogens with two attached hydrogens (primary N) is 1. The predicted octanol–water partition coefficient (Wildman–Crippen LogP) is 1.04. The van der Waals surface area contributed by atoms with Crippen LogP contribution in [0.1, 0.15) is 6.42 Å². The van der Waals surface area contributed by atoms with E-state index in [1.807, 2.05) is 6.08 Å². The van der Waals surface area contributed by atoms with Crippen LogP contribution in [-0.2, 0) is 9.59 Å². The number of fused-ring (bicyclic) bond motifs is 1. The molecular formula is C12H11NO2. The lowest BCUT2D eigenvalue weighted by atomic mass is 9.68. The molecule has 2 aliphatic carbocycles. The van der Waals surface area contributed by atoms with E-state index < -0.39 is 5.91 Å². The van der Waals surface area contributed by atoms with Crippen LogP contribution in [0.2, 0.25) is 0 Å². The van der Waals surface area contributed by atoms with Crippen molar-refractivity contribution < 1.29 is 9.59 Å². The number of amides is 1. The molecule has 2 rings (SSSR count). The average molecular weight is 201 g/mol. The second-order valence-electron chi connectivity index (χ2n) is 3.60. The molecule has 1 atom stereocenters. The monoisotopic (exact) mass is 201 g/mol. The van der Waals surface area contributed by atoms with Gasteiger partial charge in [0.15, 0.2) is 5.78 Å². The van der Waals surface area contributed by atoms with E-state index in [0.717, 1.165) is 11.1 Å². The molecule has 2 N–H and O–H groups in total. The fourth-order valence-electron chi connectivity index (χ4n) is 2.07. The van der Waals surface area contributed by atoms with Crippen molar-refractivity contribution in [3.05, 3.63) is 47.6 Å². The van der Waals surface area contributed by atoms with E-state index in [1.165, 1.54) is 12.2 Å². The fraction of sp³-hybridized carbons (Fsp3) is 0.167. The minimum absolute atomic E-state index is 0.0855. The van der Waals surface area contributed by atoms with Crippen LogP contribution in [0.3, 0.4) is 0 Å². The summed E-state index contributed by atoms with van der Waals surface area (Å²) >= 11 is 0. The molecule has 15 heavy (non-hydrogen) atoms. The van der Waals surface area contributed by atoms with Crippen molar-refractivity contribution in [2.75, 3.05) is 0 Å². The van der Waals surface area contributed by atoms with Gasteiger partial charge in [-0.1, -0.05) is 12.2 Å². The third kappa shape index (κ3) is 1.36. The van der Waals surface area contributed by atoms with Gasteiger partial charge >= 0.3 is 0 Å². The molecule has 0 spiro atoms. The van der Waals surface area contributed by atoms with E-state index in [0.29, 0.717) is 12.0 Å². The predicted molar refractivity (Wildman–Crippen MR) is 56.8 cm³/mol. The Bertz CT molecular complexity index is 452. The van der Waals surface area contributed by atoms with Crippen molar-refractivity contribution in [3.63, 3.8) is 0 Å². The highest BCUT2D eigenvalue weighted by Crippen LogP contribution is 2.44. The normalized spacial score (nSPS) is 23.1. The zero-order valence-electron chi connectivity index (χ0n) is 8.19. The molecule has 76 valence electrons. The number of carbonyl (C=O) groups is 2. The van der Waals surface area contributed by atoms with Gasteiger partial charge in [0.2, 0.25) is 5.91 Å². The molecule has 3 nitrogen and oxygen atoms in total. The number of hydrogen-bond donors (Lipinski definition) is 1. The van der Waals surface area contributed by atoms with Gasteiger partial charge < -0.3 is 5.73 Å². The number of allylic oxidation sites excluding steroid dienone is 5. The minimum Gasteiger partial charge on any atom is -0.366 e. The summed E-state index contributed by atoms with van der Waals surface area (Å²) < 4.78 is 0. The molecule has 0 saturated carbocycles. The van der Waals surface area contributed by atoms with Gasteiger partial charge in [0.1, 0.15) is 0 Å². The maximum Gasteiger partial charge on any atom is 0.249 e. The Hall–Kier alpha value is -1.90. The lowest BCUT2D eigenvalue weighted by molar-refractivity contribution is -0.114. The number of rotatable bonds is 3. The number of primary amides is 1. The Balaban J connectivity index is 2.45. The first-order chi connectivity index (χ1) is 7.15. The van der Waals surface area contributed by atoms with Crippen molar-refractivity contribution in [3.8, 4) is 0 Å². The Morgan fingerprint density at radius 1 is 1.60 bits per heavy atom. The second-order valence-corrected chi connectivity index (χ2v) is 3.60. The summed E-state index contributed by atoms with van der Waals surface area (Å²) in [6, 6.07) is 0. The van der Waals surface area contributed by atoms with Crippen molar-refractivity contribution in [1.82, 2.24) is 0 Å². The molecular weight excluding hydrogens is 190 g/mol. The molecule has 2 aliphatic rings. The van der Waals surface area contributed by atoms with E-state index in [9.17, 15) is 9.59 Å². The molecule has 0 bridgehead atoms. The Morgan fingerprint density at radius 3 is 2.93 bits per heavy atom. The first-order valence-corrected chi connectivity index (χ1v) is 4.73. The van der Waals surface area contributed by atoms with Crippen molar-refractivity contribution in [2.45, 2.75) is 6.42 Å². The Morgan fingerprint density at radius 2 is 2.33 bits per heavy atom. The highest BCUT2D eigenvalue weighted by molar-refractivity contribution is 6.08. The van der Waals surface area contributed by atoms with Gasteiger partial charge in [0.25, 0.3) is 0 Å². The maximum atomic E-state index is 11.2. The zero-order valence-corrected chi connectivity index (χ0v) is 8.19. The molecule has 0 aliphatic heterocycles. The van der Waals surface area contributed by atoms with E-state index in [1.54, 1.807) is 6.08 Å². The van der Waals surface area contributed by atoms with Crippen molar-refractivity contribution in [1.29, 1.82) is 0 Å². The van der Waals surface area contributed by atoms with Crippen LogP contribution in [0.4, 0.5) is 0 Å². The average Bonchev–Trinajstić information content (AvgIpc) is 2.15. The van der Waals surface area contributed by atoms with Crippen LogP contribution < -0.4 is 5.73 Å². The Labute approximate surface area is 87.6 Å². The smallest absolute Gasteiger partial charge is 0.249 e. The first-order valence-electron chi connectivity index (χ1n) is 4.73. The zero-order chi connectivity index (χ0) is 11.0. The van der Waals surface area contributed by atoms with Gasteiger partial charge in [-0.15, -0.1) is 6.58 Å². The summed E-state index contributed by atoms with van der Waals surface area (Å²) in [7, 11) is 0. The van der Waals surface area contributed by atoms with Crippen LogP contribution in [0.5, 0.6) is 0 Å². The van der Waals surface area contributed by atoms with E-state index >= 15 is 0 Å². The summed E-state index contributed by atoms with van der Waals surface area (Å²) in [6.45, 7) is 3.63. The van der Waals surface area contributed by atoms with Gasteiger partial charge in [0.05, 0.1) is 0 Å².